The van der Waals surface area contributed by atoms with Gasteiger partial charge in [-0.15, -0.1) is 0 Å². The van der Waals surface area contributed by atoms with Crippen LogP contribution in [0.15, 0.2) is 12.1 Å². The summed E-state index contributed by atoms with van der Waals surface area (Å²) in [5, 5.41) is 41.5. The number of aliphatic hydroxyl groups excluding tert-OH is 3. The van der Waals surface area contributed by atoms with Crippen LogP contribution in [-0.4, -0.2) is 26.8 Å². The molecule has 0 radical (unpaired) electrons. The maximum absolute atomic E-state index is 9.80. The van der Waals surface area contributed by atoms with Crippen molar-refractivity contribution >= 4 is 17.4 Å². The zero-order valence-electron chi connectivity index (χ0n) is 13.4. The molecule has 1 aromatic heterocycles. The molecule has 0 fully saturated rings. The summed E-state index contributed by atoms with van der Waals surface area (Å²) < 4.78 is 0. The van der Waals surface area contributed by atoms with Crippen LogP contribution in [0, 0.1) is 11.3 Å². The molecule has 2 rings (SSSR count). The second kappa shape index (κ2) is 8.18. The van der Waals surface area contributed by atoms with Crippen molar-refractivity contribution in [2.75, 3.05) is 11.9 Å². The van der Waals surface area contributed by atoms with Gasteiger partial charge in [0.05, 0.1) is 24.8 Å². The molecule has 2 aromatic rings. The Kier molecular flexibility index (Phi) is 6.23. The number of nitriles is 1. The van der Waals surface area contributed by atoms with Crippen molar-refractivity contribution in [1.82, 2.24) is 4.98 Å². The van der Waals surface area contributed by atoms with E-state index in [4.69, 9.17) is 11.6 Å². The molecule has 0 bridgehead atoms. The summed E-state index contributed by atoms with van der Waals surface area (Å²) in [5.74, 6) is 0.591. The van der Waals surface area contributed by atoms with Crippen LogP contribution in [0.2, 0.25) is 5.02 Å². The predicted octanol–water partition coefficient (Wildman–Crippen LogP) is 2.51. The number of aromatic nitrogens is 1. The molecule has 1 heterocycles. The third kappa shape index (κ3) is 3.25. The van der Waals surface area contributed by atoms with Gasteiger partial charge in [-0.25, -0.2) is 0 Å². The van der Waals surface area contributed by atoms with E-state index in [9.17, 15) is 20.6 Å². The number of nitrogens with zero attached hydrogens (tertiary/aromatic N) is 1. The van der Waals surface area contributed by atoms with Gasteiger partial charge in [-0.2, -0.15) is 5.26 Å². The summed E-state index contributed by atoms with van der Waals surface area (Å²) in [7, 11) is 0. The first kappa shape index (κ1) is 18.3. The molecule has 0 saturated carbocycles. The maximum atomic E-state index is 9.80. The van der Waals surface area contributed by atoms with Crippen molar-refractivity contribution in [2.45, 2.75) is 33.2 Å². The minimum absolute atomic E-state index is 0.228. The molecule has 128 valence electrons. The fourth-order valence-corrected chi connectivity index (χ4v) is 2.98. The number of halogens is 1. The topological polar surface area (TPSA) is 112 Å². The van der Waals surface area contributed by atoms with Gasteiger partial charge in [0.1, 0.15) is 17.6 Å². The van der Waals surface area contributed by atoms with Gasteiger partial charge in [0.15, 0.2) is 0 Å². The highest BCUT2D eigenvalue weighted by Crippen LogP contribution is 2.40. The van der Waals surface area contributed by atoms with Gasteiger partial charge in [-0.1, -0.05) is 30.7 Å². The summed E-state index contributed by atoms with van der Waals surface area (Å²) in [5.41, 5.74) is 2.90. The zero-order chi connectivity index (χ0) is 17.7. The number of hydrogen-bond donors (Lipinski definition) is 5. The van der Waals surface area contributed by atoms with E-state index in [0.29, 0.717) is 40.2 Å². The van der Waals surface area contributed by atoms with E-state index in [0.717, 1.165) is 6.42 Å². The molecule has 24 heavy (non-hydrogen) atoms. The number of H-pyrrole nitrogens is 1. The first-order chi connectivity index (χ1) is 11.6. The SMILES string of the molecule is CCCNc1[nH]c(C#N)c(Cl)c1-c1ccc(CO)c(CO)c1CO. The number of benzene rings is 1. The van der Waals surface area contributed by atoms with E-state index in [-0.39, 0.29) is 30.5 Å². The zero-order valence-corrected chi connectivity index (χ0v) is 14.1. The van der Waals surface area contributed by atoms with Crippen molar-refractivity contribution in [1.29, 1.82) is 5.26 Å². The van der Waals surface area contributed by atoms with Gasteiger partial charge in [0.25, 0.3) is 0 Å². The first-order valence-corrected chi connectivity index (χ1v) is 8.02. The minimum Gasteiger partial charge on any atom is -0.392 e. The molecule has 0 aliphatic rings. The van der Waals surface area contributed by atoms with E-state index in [2.05, 4.69) is 10.3 Å². The average Bonchev–Trinajstić information content (AvgIpc) is 2.93. The van der Waals surface area contributed by atoms with Crippen molar-refractivity contribution < 1.29 is 15.3 Å². The van der Waals surface area contributed by atoms with E-state index < -0.39 is 0 Å². The van der Waals surface area contributed by atoms with Gasteiger partial charge >= 0.3 is 0 Å². The van der Waals surface area contributed by atoms with Crippen LogP contribution >= 0.6 is 11.6 Å². The monoisotopic (exact) mass is 349 g/mol. The first-order valence-electron chi connectivity index (χ1n) is 7.64. The maximum Gasteiger partial charge on any atom is 0.138 e. The number of hydrogen-bond acceptors (Lipinski definition) is 5. The van der Waals surface area contributed by atoms with E-state index in [1.807, 2.05) is 13.0 Å². The fourth-order valence-electron chi connectivity index (χ4n) is 2.69. The van der Waals surface area contributed by atoms with Crippen molar-refractivity contribution in [3.8, 4) is 17.2 Å². The molecule has 0 amide bonds. The molecule has 1 aromatic carbocycles. The summed E-state index contributed by atoms with van der Waals surface area (Å²) in [6.45, 7) is 1.82. The number of nitrogens with one attached hydrogen (secondary N) is 2. The third-order valence-electron chi connectivity index (χ3n) is 3.89. The average molecular weight is 350 g/mol. The van der Waals surface area contributed by atoms with Gasteiger partial charge in [0, 0.05) is 12.1 Å². The Labute approximate surface area is 145 Å². The quantitative estimate of drug-likeness (QED) is 0.527. The number of rotatable bonds is 7. The molecule has 5 N–H and O–H groups in total. The van der Waals surface area contributed by atoms with Crippen LogP contribution in [0.25, 0.3) is 11.1 Å². The van der Waals surface area contributed by atoms with Crippen LogP contribution in [0.3, 0.4) is 0 Å². The molecule has 0 saturated heterocycles. The summed E-state index contributed by atoms with van der Waals surface area (Å²) >= 11 is 6.35. The number of anilines is 1. The van der Waals surface area contributed by atoms with Gasteiger partial charge in [0.2, 0.25) is 0 Å². The number of aliphatic hydroxyl groups is 3. The van der Waals surface area contributed by atoms with Gasteiger partial charge in [-0.3, -0.25) is 0 Å². The van der Waals surface area contributed by atoms with Crippen molar-refractivity contribution in [3.63, 3.8) is 0 Å². The molecule has 6 nitrogen and oxygen atoms in total. The smallest absolute Gasteiger partial charge is 0.138 e. The van der Waals surface area contributed by atoms with Crippen LogP contribution in [0.4, 0.5) is 5.82 Å². The van der Waals surface area contributed by atoms with Crippen LogP contribution in [0.5, 0.6) is 0 Å². The second-order valence-electron chi connectivity index (χ2n) is 5.31. The van der Waals surface area contributed by atoms with Gasteiger partial charge in [-0.05, 0) is 28.7 Å². The molecular weight excluding hydrogens is 330 g/mol. The Hall–Kier alpha value is -2.04. The standard InChI is InChI=1S/C17H20ClN3O3/c1-2-5-20-17-15(16(18)14(6-19)21-17)11-4-3-10(7-22)12(8-23)13(11)9-24/h3-4,20-24H,2,5,7-9H2,1H3. The highest BCUT2D eigenvalue weighted by atomic mass is 35.5. The molecule has 0 aliphatic heterocycles. The van der Waals surface area contributed by atoms with Crippen LogP contribution in [-0.2, 0) is 19.8 Å². The molecule has 7 heteroatoms. The third-order valence-corrected chi connectivity index (χ3v) is 4.26. The second-order valence-corrected chi connectivity index (χ2v) is 5.68. The van der Waals surface area contributed by atoms with E-state index in [1.54, 1.807) is 12.1 Å². The fraction of sp³-hybridized carbons (Fsp3) is 0.353. The van der Waals surface area contributed by atoms with Crippen LogP contribution < -0.4 is 5.32 Å². The lowest BCUT2D eigenvalue weighted by atomic mass is 9.93. The predicted molar refractivity (Wildman–Crippen MR) is 92.5 cm³/mol. The van der Waals surface area contributed by atoms with Crippen LogP contribution in [0.1, 0.15) is 35.7 Å². The Morgan fingerprint density at radius 2 is 1.88 bits per heavy atom. The molecule has 0 atom stereocenters. The Morgan fingerprint density at radius 3 is 2.42 bits per heavy atom. The lowest BCUT2D eigenvalue weighted by molar-refractivity contribution is 0.248. The van der Waals surface area contributed by atoms with E-state index >= 15 is 0 Å². The molecule has 0 spiro atoms. The lowest BCUT2D eigenvalue weighted by Gasteiger charge is -2.16. The molecular formula is C17H20ClN3O3. The van der Waals surface area contributed by atoms with E-state index in [1.165, 1.54) is 0 Å². The lowest BCUT2D eigenvalue weighted by Crippen LogP contribution is -2.05. The summed E-state index contributed by atoms with van der Waals surface area (Å²) in [6.07, 6.45) is 0.885. The largest absolute Gasteiger partial charge is 0.392 e. The Morgan fingerprint density at radius 1 is 1.17 bits per heavy atom. The Bertz CT molecular complexity index is 765. The molecule has 0 aliphatic carbocycles. The van der Waals surface area contributed by atoms with Crippen molar-refractivity contribution in [3.05, 3.63) is 39.5 Å². The highest BCUT2D eigenvalue weighted by Gasteiger charge is 2.22. The van der Waals surface area contributed by atoms with Crippen molar-refractivity contribution in [2.24, 2.45) is 0 Å². The normalized spacial score (nSPS) is 10.7. The van der Waals surface area contributed by atoms with Gasteiger partial charge < -0.3 is 25.6 Å². The highest BCUT2D eigenvalue weighted by molar-refractivity contribution is 6.35. The molecule has 0 unspecified atom stereocenters. The summed E-state index contributed by atoms with van der Waals surface area (Å²) in [4.78, 5) is 2.95. The Balaban J connectivity index is 2.71. The summed E-state index contributed by atoms with van der Waals surface area (Å²) in [6, 6.07) is 5.42. The minimum atomic E-state index is -0.324. The number of aromatic amines is 1.